The van der Waals surface area contributed by atoms with Crippen LogP contribution in [0.25, 0.3) is 11.1 Å². The number of carbonyl (C=O) groups is 2. The van der Waals surface area contributed by atoms with E-state index in [1.165, 1.54) is 12.8 Å². The molecule has 1 heterocycles. The van der Waals surface area contributed by atoms with Gasteiger partial charge >= 0.3 is 0 Å². The van der Waals surface area contributed by atoms with Gasteiger partial charge in [-0.1, -0.05) is 56.5 Å². The molecule has 1 aromatic heterocycles. The minimum absolute atomic E-state index is 0.0451. The fraction of sp³-hybridized carbons (Fsp3) is 0.357. The van der Waals surface area contributed by atoms with E-state index >= 15 is 0 Å². The molecule has 0 bridgehead atoms. The number of unbranched alkanes of at least 4 members (excludes halogenated alkanes) is 3. The van der Waals surface area contributed by atoms with Crippen LogP contribution in [0, 0.1) is 0 Å². The highest BCUT2D eigenvalue weighted by Gasteiger charge is 2.38. The van der Waals surface area contributed by atoms with Gasteiger partial charge in [0.2, 0.25) is 0 Å². The van der Waals surface area contributed by atoms with Crippen LogP contribution in [0.1, 0.15) is 67.6 Å². The Bertz CT molecular complexity index is 1040. The maximum Gasteiger partial charge on any atom is 0.290 e. The van der Waals surface area contributed by atoms with Gasteiger partial charge in [-0.2, -0.15) is 0 Å². The SMILES string of the molecule is CCCCCCOc1ccccc1C(O)N(C(=O)c1ccc(-c2ccoc2)cc1)C1CC1.O=CO. The van der Waals surface area contributed by atoms with Gasteiger partial charge in [-0.15, -0.1) is 0 Å². The molecule has 35 heavy (non-hydrogen) atoms. The number of para-hydroxylation sites is 1. The lowest BCUT2D eigenvalue weighted by Crippen LogP contribution is -2.37. The summed E-state index contributed by atoms with van der Waals surface area (Å²) in [6, 6.07) is 16.8. The number of amides is 1. The number of aliphatic hydroxyl groups excluding tert-OH is 1. The van der Waals surface area contributed by atoms with E-state index in [-0.39, 0.29) is 18.4 Å². The van der Waals surface area contributed by atoms with Crippen molar-refractivity contribution in [3.05, 3.63) is 78.3 Å². The molecular weight excluding hydrogens is 446 g/mol. The first-order chi connectivity index (χ1) is 17.1. The van der Waals surface area contributed by atoms with Crippen LogP contribution < -0.4 is 4.74 Å². The van der Waals surface area contributed by atoms with E-state index < -0.39 is 6.23 Å². The predicted molar refractivity (Wildman–Crippen MR) is 133 cm³/mol. The summed E-state index contributed by atoms with van der Waals surface area (Å²) in [6.45, 7) is 2.54. The highest BCUT2D eigenvalue weighted by Crippen LogP contribution is 2.37. The Morgan fingerprint density at radius 1 is 1.09 bits per heavy atom. The minimum Gasteiger partial charge on any atom is -0.493 e. The second-order valence-corrected chi connectivity index (χ2v) is 8.46. The Balaban J connectivity index is 0.00000108. The number of furan rings is 1. The molecule has 7 heteroatoms. The zero-order chi connectivity index (χ0) is 25.0. The standard InChI is InChI=1S/C27H31NO4.CH2O2/c1-2-3-4-7-17-32-25-9-6-5-8-24(25)27(30)28(23-14-15-23)26(29)21-12-10-20(11-13-21)22-16-18-31-19-22;2-1-3/h5-6,8-13,16,18-19,23,27,30H,2-4,7,14-15,17H2,1H3;1H,(H,2,3). The molecule has 1 aliphatic carbocycles. The predicted octanol–water partition coefficient (Wildman–Crippen LogP) is 5.90. The zero-order valence-corrected chi connectivity index (χ0v) is 20.0. The average molecular weight is 480 g/mol. The van der Waals surface area contributed by atoms with Gasteiger partial charge in [-0.05, 0) is 49.1 Å². The average Bonchev–Trinajstić information content (AvgIpc) is 3.55. The first-order valence-corrected chi connectivity index (χ1v) is 12.0. The Morgan fingerprint density at radius 2 is 1.80 bits per heavy atom. The van der Waals surface area contributed by atoms with Gasteiger partial charge in [0, 0.05) is 22.7 Å². The molecule has 3 aromatic rings. The molecular formula is C28H33NO6. The van der Waals surface area contributed by atoms with Gasteiger partial charge in [0.15, 0.2) is 6.23 Å². The third-order valence-corrected chi connectivity index (χ3v) is 5.88. The van der Waals surface area contributed by atoms with E-state index in [2.05, 4.69) is 6.92 Å². The quantitative estimate of drug-likeness (QED) is 0.202. The Hall–Kier alpha value is -3.58. The monoisotopic (exact) mass is 479 g/mol. The van der Waals surface area contributed by atoms with Crippen molar-refractivity contribution in [1.82, 2.24) is 4.90 Å². The minimum atomic E-state index is -1.05. The Labute approximate surface area is 206 Å². The molecule has 7 nitrogen and oxygen atoms in total. The van der Waals surface area contributed by atoms with E-state index in [1.807, 2.05) is 54.6 Å². The maximum atomic E-state index is 13.4. The zero-order valence-electron chi connectivity index (χ0n) is 20.0. The lowest BCUT2D eigenvalue weighted by molar-refractivity contribution is -0.122. The van der Waals surface area contributed by atoms with Crippen LogP contribution in [0.5, 0.6) is 5.75 Å². The van der Waals surface area contributed by atoms with Crippen molar-refractivity contribution in [2.24, 2.45) is 0 Å². The van der Waals surface area contributed by atoms with Crippen LogP contribution in [-0.2, 0) is 4.79 Å². The van der Waals surface area contributed by atoms with Gasteiger partial charge in [-0.25, -0.2) is 0 Å². The molecule has 2 N–H and O–H groups in total. The second kappa shape index (κ2) is 13.3. The lowest BCUT2D eigenvalue weighted by Gasteiger charge is -2.29. The molecule has 2 aromatic carbocycles. The number of hydrogen-bond donors (Lipinski definition) is 2. The van der Waals surface area contributed by atoms with Crippen LogP contribution in [0.4, 0.5) is 0 Å². The molecule has 0 radical (unpaired) electrons. The van der Waals surface area contributed by atoms with Crippen LogP contribution >= 0.6 is 0 Å². The summed E-state index contributed by atoms with van der Waals surface area (Å²) in [4.78, 5) is 23.4. The highest BCUT2D eigenvalue weighted by atomic mass is 16.5. The van der Waals surface area contributed by atoms with Gasteiger partial charge in [0.05, 0.1) is 19.1 Å². The third kappa shape index (κ3) is 7.20. The Morgan fingerprint density at radius 3 is 2.43 bits per heavy atom. The largest absolute Gasteiger partial charge is 0.493 e. The molecule has 0 aliphatic heterocycles. The summed E-state index contributed by atoms with van der Waals surface area (Å²) < 4.78 is 11.1. The molecule has 1 fully saturated rings. The summed E-state index contributed by atoms with van der Waals surface area (Å²) >= 11 is 0. The molecule has 0 saturated heterocycles. The second-order valence-electron chi connectivity index (χ2n) is 8.46. The normalized spacial score (nSPS) is 13.3. The van der Waals surface area contributed by atoms with Crippen molar-refractivity contribution in [3.63, 3.8) is 0 Å². The van der Waals surface area contributed by atoms with Crippen molar-refractivity contribution in [2.75, 3.05) is 6.61 Å². The van der Waals surface area contributed by atoms with Crippen molar-refractivity contribution >= 4 is 12.4 Å². The number of aliphatic hydroxyl groups is 1. The van der Waals surface area contributed by atoms with E-state index in [4.69, 9.17) is 19.1 Å². The molecule has 0 spiro atoms. The van der Waals surface area contributed by atoms with Crippen LogP contribution in [0.2, 0.25) is 0 Å². The van der Waals surface area contributed by atoms with Crippen molar-refractivity contribution in [2.45, 2.75) is 57.7 Å². The summed E-state index contributed by atoms with van der Waals surface area (Å²) in [5, 5.41) is 18.2. The van der Waals surface area contributed by atoms with Crippen molar-refractivity contribution < 1.29 is 29.0 Å². The smallest absolute Gasteiger partial charge is 0.290 e. The topological polar surface area (TPSA) is 100 Å². The molecule has 1 aliphatic rings. The first kappa shape index (κ1) is 26.0. The summed E-state index contributed by atoms with van der Waals surface area (Å²) in [6.07, 6.45) is 8.53. The number of benzene rings is 2. The number of nitrogens with zero attached hydrogens (tertiary/aromatic N) is 1. The van der Waals surface area contributed by atoms with Crippen LogP contribution in [-0.4, -0.2) is 40.1 Å². The Kier molecular flexibility index (Phi) is 9.93. The van der Waals surface area contributed by atoms with Gasteiger partial charge in [0.1, 0.15) is 5.75 Å². The third-order valence-electron chi connectivity index (χ3n) is 5.88. The summed E-state index contributed by atoms with van der Waals surface area (Å²) in [5.74, 6) is 0.474. The van der Waals surface area contributed by atoms with Crippen LogP contribution in [0.15, 0.2) is 71.5 Å². The van der Waals surface area contributed by atoms with Gasteiger partial charge < -0.3 is 24.3 Å². The fourth-order valence-corrected chi connectivity index (χ4v) is 3.90. The first-order valence-electron chi connectivity index (χ1n) is 12.0. The molecule has 1 unspecified atom stereocenters. The van der Waals surface area contributed by atoms with E-state index in [0.717, 1.165) is 36.8 Å². The van der Waals surface area contributed by atoms with Crippen LogP contribution in [0.3, 0.4) is 0 Å². The fourth-order valence-electron chi connectivity index (χ4n) is 3.90. The van der Waals surface area contributed by atoms with Gasteiger partial charge in [0.25, 0.3) is 12.4 Å². The van der Waals surface area contributed by atoms with E-state index in [9.17, 15) is 9.90 Å². The maximum absolute atomic E-state index is 13.4. The number of ether oxygens (including phenoxy) is 1. The molecule has 186 valence electrons. The number of carbonyl (C=O) groups excluding carboxylic acids is 1. The van der Waals surface area contributed by atoms with E-state index in [1.54, 1.807) is 17.4 Å². The molecule has 1 atom stereocenters. The summed E-state index contributed by atoms with van der Waals surface area (Å²) in [7, 11) is 0. The molecule has 4 rings (SSSR count). The number of hydrogen-bond acceptors (Lipinski definition) is 5. The van der Waals surface area contributed by atoms with Crippen molar-refractivity contribution in [3.8, 4) is 16.9 Å². The van der Waals surface area contributed by atoms with E-state index in [0.29, 0.717) is 23.5 Å². The number of carboxylic acid groups (broad SMARTS) is 1. The lowest BCUT2D eigenvalue weighted by atomic mass is 10.1. The van der Waals surface area contributed by atoms with Gasteiger partial charge in [-0.3, -0.25) is 9.59 Å². The molecule has 1 saturated carbocycles. The highest BCUT2D eigenvalue weighted by molar-refractivity contribution is 5.95. The summed E-state index contributed by atoms with van der Waals surface area (Å²) in [5.41, 5.74) is 3.14. The molecule has 1 amide bonds. The number of rotatable bonds is 11. The van der Waals surface area contributed by atoms with Crippen molar-refractivity contribution in [1.29, 1.82) is 0 Å².